The zero-order chi connectivity index (χ0) is 9.52. The van der Waals surface area contributed by atoms with E-state index in [9.17, 15) is 4.79 Å². The molecule has 0 amide bonds. The standard InChI is InChI=1S/C10H10O3/c1-9(11)12-7-8-13-10-5-3-2-4-6-10/h2-6H,8H2,1H3. The molecule has 1 aromatic carbocycles. The molecule has 0 bridgehead atoms. The lowest BCUT2D eigenvalue weighted by Gasteiger charge is -2.01. The lowest BCUT2D eigenvalue weighted by atomic mass is 10.3. The fraction of sp³-hybridized carbons (Fsp3) is 0.200. The summed E-state index contributed by atoms with van der Waals surface area (Å²) in [7, 11) is 0. The molecule has 0 aliphatic rings. The van der Waals surface area contributed by atoms with Crippen molar-refractivity contribution in [1.82, 2.24) is 0 Å². The van der Waals surface area contributed by atoms with Crippen molar-refractivity contribution in [3.05, 3.63) is 30.3 Å². The van der Waals surface area contributed by atoms with E-state index in [1.54, 1.807) is 0 Å². The highest BCUT2D eigenvalue weighted by Crippen LogP contribution is 2.06. The van der Waals surface area contributed by atoms with Gasteiger partial charge in [-0.15, -0.1) is 0 Å². The summed E-state index contributed by atoms with van der Waals surface area (Å²) in [5.74, 6) is 0.332. The number of ether oxygens (including phenoxy) is 1. The Bertz CT molecular complexity index is 290. The first kappa shape index (κ1) is 9.45. The summed E-state index contributed by atoms with van der Waals surface area (Å²) < 4.78 is 9.62. The molecule has 1 aromatic rings. The zero-order valence-corrected chi connectivity index (χ0v) is 7.32. The van der Waals surface area contributed by atoms with Crippen molar-refractivity contribution in [2.24, 2.45) is 0 Å². The molecule has 0 aliphatic carbocycles. The normalized spacial score (nSPS) is 10.2. The second-order valence-corrected chi connectivity index (χ2v) is 2.34. The molecular formula is C10H10O3. The molecule has 0 spiro atoms. The molecule has 0 atom stereocenters. The summed E-state index contributed by atoms with van der Waals surface area (Å²) in [6, 6.07) is 9.25. The molecule has 0 fully saturated rings. The van der Waals surface area contributed by atoms with Crippen LogP contribution in [0.15, 0.2) is 30.3 Å². The van der Waals surface area contributed by atoms with E-state index in [2.05, 4.69) is 10.7 Å². The lowest BCUT2D eigenvalue weighted by Crippen LogP contribution is -2.01. The van der Waals surface area contributed by atoms with Gasteiger partial charge >= 0.3 is 5.97 Å². The average Bonchev–Trinajstić information content (AvgIpc) is 2.14. The van der Waals surface area contributed by atoms with Crippen LogP contribution in [0, 0.1) is 0 Å². The number of hydrogen-bond acceptors (Lipinski definition) is 2. The van der Waals surface area contributed by atoms with E-state index in [1.165, 1.54) is 6.92 Å². The van der Waals surface area contributed by atoms with Crippen molar-refractivity contribution >= 4 is 12.3 Å². The Hall–Kier alpha value is -1.64. The highest BCUT2D eigenvalue weighted by Gasteiger charge is 1.88. The highest BCUT2D eigenvalue weighted by molar-refractivity contribution is 5.70. The SMILES string of the molecule is CC(=O)[O+]=[C-]COc1ccccc1. The van der Waals surface area contributed by atoms with Gasteiger partial charge in [-0.2, -0.15) is 0 Å². The predicted octanol–water partition coefficient (Wildman–Crippen LogP) is 1.26. The maximum Gasteiger partial charge on any atom is 0.422 e. The zero-order valence-electron chi connectivity index (χ0n) is 7.32. The average molecular weight is 178 g/mol. The van der Waals surface area contributed by atoms with Gasteiger partial charge in [0.1, 0.15) is 5.75 Å². The first-order valence-electron chi connectivity index (χ1n) is 3.87. The molecule has 3 nitrogen and oxygen atoms in total. The fourth-order valence-electron chi connectivity index (χ4n) is 0.761. The van der Waals surface area contributed by atoms with Gasteiger partial charge in [0.25, 0.3) is 0 Å². The molecule has 3 heteroatoms. The molecular weight excluding hydrogens is 168 g/mol. The number of carbonyl (C=O) groups excluding carboxylic acids is 2. The van der Waals surface area contributed by atoms with E-state index in [4.69, 9.17) is 4.74 Å². The van der Waals surface area contributed by atoms with E-state index in [1.807, 2.05) is 30.3 Å². The molecule has 0 unspecified atom stereocenters. The number of para-hydroxylation sites is 1. The number of benzene rings is 1. The molecule has 68 valence electrons. The summed E-state index contributed by atoms with van der Waals surface area (Å²) in [4.78, 5) is 10.3. The van der Waals surface area contributed by atoms with Crippen LogP contribution < -0.4 is 4.74 Å². The van der Waals surface area contributed by atoms with Crippen molar-refractivity contribution in [2.45, 2.75) is 6.92 Å². The molecule has 0 radical (unpaired) electrons. The minimum atomic E-state index is -0.392. The van der Waals surface area contributed by atoms with Gasteiger partial charge in [0.05, 0.1) is 12.9 Å². The predicted molar refractivity (Wildman–Crippen MR) is 48.3 cm³/mol. The third-order valence-corrected chi connectivity index (χ3v) is 1.26. The van der Waals surface area contributed by atoms with Gasteiger partial charge in [0.2, 0.25) is 0 Å². The van der Waals surface area contributed by atoms with Gasteiger partial charge in [-0.1, -0.05) is 23.0 Å². The Labute approximate surface area is 76.6 Å². The van der Waals surface area contributed by atoms with E-state index in [-0.39, 0.29) is 6.61 Å². The van der Waals surface area contributed by atoms with E-state index < -0.39 is 5.97 Å². The molecule has 0 heterocycles. The van der Waals surface area contributed by atoms with Gasteiger partial charge < -0.3 is 9.16 Å². The summed E-state index contributed by atoms with van der Waals surface area (Å²) in [6.45, 7) is 1.46. The third-order valence-electron chi connectivity index (χ3n) is 1.26. The Balaban J connectivity index is 2.32. The monoisotopic (exact) mass is 178 g/mol. The second-order valence-electron chi connectivity index (χ2n) is 2.34. The molecule has 0 N–H and O–H groups in total. The number of carbonyl (C=O) groups is 1. The van der Waals surface area contributed by atoms with E-state index in [0.29, 0.717) is 0 Å². The topological polar surface area (TPSA) is 37.6 Å². The Morgan fingerprint density at radius 2 is 2.15 bits per heavy atom. The van der Waals surface area contributed by atoms with Crippen molar-refractivity contribution < 1.29 is 14.0 Å². The Kier molecular flexibility index (Phi) is 3.70. The summed E-state index contributed by atoms with van der Waals surface area (Å²) >= 11 is 0. The summed E-state index contributed by atoms with van der Waals surface area (Å²) in [6.07, 6.45) is 2.36. The lowest BCUT2D eigenvalue weighted by molar-refractivity contribution is -0.146. The Morgan fingerprint density at radius 1 is 1.46 bits per heavy atom. The second kappa shape index (κ2) is 5.09. The van der Waals surface area contributed by atoms with Crippen molar-refractivity contribution in [1.29, 1.82) is 0 Å². The summed E-state index contributed by atoms with van der Waals surface area (Å²) in [5, 5.41) is 0. The largest absolute Gasteiger partial charge is 0.502 e. The van der Waals surface area contributed by atoms with Gasteiger partial charge in [0.15, 0.2) is 0 Å². The molecule has 1 rings (SSSR count). The number of hydrogen-bond donors (Lipinski definition) is 0. The van der Waals surface area contributed by atoms with Gasteiger partial charge in [-0.05, 0) is 12.1 Å². The molecule has 0 aromatic heterocycles. The minimum absolute atomic E-state index is 0.142. The van der Waals surface area contributed by atoms with Crippen LogP contribution in [0.25, 0.3) is 0 Å². The van der Waals surface area contributed by atoms with Crippen LogP contribution in [0.1, 0.15) is 6.92 Å². The minimum Gasteiger partial charge on any atom is -0.502 e. The van der Waals surface area contributed by atoms with Crippen LogP contribution in [0.5, 0.6) is 5.75 Å². The number of rotatable bonds is 3. The van der Waals surface area contributed by atoms with Crippen LogP contribution >= 0.6 is 0 Å². The van der Waals surface area contributed by atoms with Crippen LogP contribution in [-0.2, 0) is 9.22 Å². The van der Waals surface area contributed by atoms with Crippen LogP contribution in [-0.4, -0.2) is 18.9 Å². The molecule has 0 saturated heterocycles. The Morgan fingerprint density at radius 3 is 2.77 bits per heavy atom. The first-order chi connectivity index (χ1) is 6.29. The maximum atomic E-state index is 10.3. The van der Waals surface area contributed by atoms with Gasteiger partial charge in [0, 0.05) is 6.92 Å². The molecule has 0 aliphatic heterocycles. The van der Waals surface area contributed by atoms with Crippen LogP contribution in [0.2, 0.25) is 0 Å². The van der Waals surface area contributed by atoms with Gasteiger partial charge in [-0.3, -0.25) is 0 Å². The maximum absolute atomic E-state index is 10.3. The van der Waals surface area contributed by atoms with Crippen molar-refractivity contribution in [2.75, 3.05) is 6.61 Å². The summed E-state index contributed by atoms with van der Waals surface area (Å²) in [5.41, 5.74) is 0. The third kappa shape index (κ3) is 4.06. The van der Waals surface area contributed by atoms with Crippen molar-refractivity contribution in [3.8, 4) is 5.75 Å². The quantitative estimate of drug-likeness (QED) is 0.516. The van der Waals surface area contributed by atoms with E-state index in [0.717, 1.165) is 5.75 Å². The van der Waals surface area contributed by atoms with Crippen LogP contribution in [0.3, 0.4) is 0 Å². The first-order valence-corrected chi connectivity index (χ1v) is 3.87. The highest BCUT2D eigenvalue weighted by atomic mass is 16.5. The fourth-order valence-corrected chi connectivity index (χ4v) is 0.761. The molecule has 13 heavy (non-hydrogen) atoms. The van der Waals surface area contributed by atoms with Crippen molar-refractivity contribution in [3.63, 3.8) is 0 Å². The van der Waals surface area contributed by atoms with Crippen LogP contribution in [0.4, 0.5) is 0 Å². The van der Waals surface area contributed by atoms with E-state index >= 15 is 0 Å². The molecule has 0 saturated carbocycles. The van der Waals surface area contributed by atoms with Gasteiger partial charge in [-0.25, -0.2) is 0 Å². The smallest absolute Gasteiger partial charge is 0.422 e.